The van der Waals surface area contributed by atoms with Crippen molar-refractivity contribution in [2.75, 3.05) is 13.6 Å². The van der Waals surface area contributed by atoms with E-state index in [1.54, 1.807) is 7.05 Å². The molecule has 5 nitrogen and oxygen atoms in total. The van der Waals surface area contributed by atoms with E-state index in [1.807, 2.05) is 44.2 Å². The maximum Gasteiger partial charge on any atom is 0.239 e. The Labute approximate surface area is 120 Å². The molecular weight excluding hydrogens is 254 g/mol. The molecule has 0 saturated heterocycles. The van der Waals surface area contributed by atoms with Gasteiger partial charge in [0.2, 0.25) is 11.8 Å². The van der Waals surface area contributed by atoms with Crippen LogP contribution in [-0.2, 0) is 9.59 Å². The van der Waals surface area contributed by atoms with E-state index in [-0.39, 0.29) is 36.9 Å². The van der Waals surface area contributed by atoms with E-state index in [2.05, 4.69) is 5.32 Å². The maximum atomic E-state index is 12.0. The highest BCUT2D eigenvalue weighted by Crippen LogP contribution is 2.14. The van der Waals surface area contributed by atoms with Gasteiger partial charge in [-0.15, -0.1) is 0 Å². The fourth-order valence-electron chi connectivity index (χ4n) is 1.83. The monoisotopic (exact) mass is 277 g/mol. The third kappa shape index (κ3) is 5.40. The normalized spacial score (nSPS) is 12.1. The zero-order valence-corrected chi connectivity index (χ0v) is 12.3. The molecule has 0 heterocycles. The van der Waals surface area contributed by atoms with Crippen LogP contribution in [0.4, 0.5) is 0 Å². The fourth-order valence-corrected chi connectivity index (χ4v) is 1.83. The first kappa shape index (κ1) is 16.2. The molecule has 5 heteroatoms. The number of hydrogen-bond acceptors (Lipinski definition) is 3. The summed E-state index contributed by atoms with van der Waals surface area (Å²) in [4.78, 5) is 25.0. The second kappa shape index (κ2) is 7.65. The van der Waals surface area contributed by atoms with Crippen molar-refractivity contribution in [1.82, 2.24) is 10.2 Å². The largest absolute Gasteiger partial charge is 0.352 e. The molecule has 0 aromatic heterocycles. The summed E-state index contributed by atoms with van der Waals surface area (Å²) in [7, 11) is 1.61. The molecule has 0 aliphatic carbocycles. The molecule has 0 aliphatic rings. The number of amides is 2. The molecule has 1 unspecified atom stereocenters. The predicted molar refractivity (Wildman–Crippen MR) is 78.9 cm³/mol. The van der Waals surface area contributed by atoms with Gasteiger partial charge in [-0.25, -0.2) is 0 Å². The Morgan fingerprint density at radius 2 is 1.85 bits per heavy atom. The van der Waals surface area contributed by atoms with Gasteiger partial charge in [0, 0.05) is 25.6 Å². The number of benzene rings is 1. The standard InChI is InChI=1S/C15H23N3O2/c1-11(2)17-14(19)10-18(3)15(20)9-13(16)12-7-5-4-6-8-12/h4-8,11,13H,9-10,16H2,1-3H3,(H,17,19). The van der Waals surface area contributed by atoms with Gasteiger partial charge in [-0.3, -0.25) is 9.59 Å². The van der Waals surface area contributed by atoms with Gasteiger partial charge in [-0.05, 0) is 19.4 Å². The topological polar surface area (TPSA) is 75.4 Å². The predicted octanol–water partition coefficient (Wildman–Crippen LogP) is 1.06. The van der Waals surface area contributed by atoms with Crippen molar-refractivity contribution in [3.8, 4) is 0 Å². The maximum absolute atomic E-state index is 12.0. The summed E-state index contributed by atoms with van der Waals surface area (Å²) in [6.45, 7) is 3.81. The number of hydrogen-bond donors (Lipinski definition) is 2. The SMILES string of the molecule is CC(C)NC(=O)CN(C)C(=O)CC(N)c1ccccc1. The van der Waals surface area contributed by atoms with Crippen molar-refractivity contribution >= 4 is 11.8 Å². The van der Waals surface area contributed by atoms with Crippen molar-refractivity contribution in [2.24, 2.45) is 5.73 Å². The lowest BCUT2D eigenvalue weighted by Gasteiger charge is -2.20. The van der Waals surface area contributed by atoms with E-state index in [0.29, 0.717) is 0 Å². The Morgan fingerprint density at radius 3 is 2.40 bits per heavy atom. The summed E-state index contributed by atoms with van der Waals surface area (Å²) in [5.41, 5.74) is 6.91. The number of carbonyl (C=O) groups excluding carboxylic acids is 2. The van der Waals surface area contributed by atoms with E-state index in [1.165, 1.54) is 4.90 Å². The van der Waals surface area contributed by atoms with Crippen LogP contribution in [0.5, 0.6) is 0 Å². The minimum absolute atomic E-state index is 0.0541. The molecule has 110 valence electrons. The van der Waals surface area contributed by atoms with Crippen molar-refractivity contribution in [3.63, 3.8) is 0 Å². The number of rotatable bonds is 6. The molecule has 0 bridgehead atoms. The zero-order chi connectivity index (χ0) is 15.1. The molecule has 0 radical (unpaired) electrons. The van der Waals surface area contributed by atoms with Crippen molar-refractivity contribution in [1.29, 1.82) is 0 Å². The van der Waals surface area contributed by atoms with Crippen LogP contribution in [0, 0.1) is 0 Å². The number of nitrogens with one attached hydrogen (secondary N) is 1. The lowest BCUT2D eigenvalue weighted by molar-refractivity contribution is -0.135. The first-order valence-corrected chi connectivity index (χ1v) is 6.74. The number of nitrogens with two attached hydrogens (primary N) is 1. The van der Waals surface area contributed by atoms with E-state index >= 15 is 0 Å². The van der Waals surface area contributed by atoms with Crippen LogP contribution in [0.25, 0.3) is 0 Å². The second-order valence-corrected chi connectivity index (χ2v) is 5.19. The van der Waals surface area contributed by atoms with E-state index in [4.69, 9.17) is 5.73 Å². The van der Waals surface area contributed by atoms with Crippen LogP contribution in [0.2, 0.25) is 0 Å². The van der Waals surface area contributed by atoms with Gasteiger partial charge in [0.25, 0.3) is 0 Å². The quantitative estimate of drug-likeness (QED) is 0.816. The molecule has 20 heavy (non-hydrogen) atoms. The molecule has 0 saturated carbocycles. The first-order valence-electron chi connectivity index (χ1n) is 6.74. The average Bonchev–Trinajstić information content (AvgIpc) is 2.38. The van der Waals surface area contributed by atoms with Gasteiger partial charge >= 0.3 is 0 Å². The van der Waals surface area contributed by atoms with Gasteiger partial charge in [0.05, 0.1) is 6.54 Å². The van der Waals surface area contributed by atoms with E-state index < -0.39 is 0 Å². The summed E-state index contributed by atoms with van der Waals surface area (Å²) in [6, 6.07) is 9.18. The number of carbonyl (C=O) groups is 2. The van der Waals surface area contributed by atoms with Crippen molar-refractivity contribution < 1.29 is 9.59 Å². The van der Waals surface area contributed by atoms with Crippen molar-refractivity contribution in [3.05, 3.63) is 35.9 Å². The Bertz CT molecular complexity index is 446. The highest BCUT2D eigenvalue weighted by Gasteiger charge is 2.17. The Balaban J connectivity index is 2.47. The fraction of sp³-hybridized carbons (Fsp3) is 0.467. The van der Waals surface area contributed by atoms with Gasteiger partial charge in [0.1, 0.15) is 0 Å². The van der Waals surface area contributed by atoms with Gasteiger partial charge in [-0.2, -0.15) is 0 Å². The lowest BCUT2D eigenvalue weighted by Crippen LogP contribution is -2.41. The molecule has 1 rings (SSSR count). The molecule has 0 fully saturated rings. The van der Waals surface area contributed by atoms with E-state index in [0.717, 1.165) is 5.56 Å². The van der Waals surface area contributed by atoms with Crippen LogP contribution < -0.4 is 11.1 Å². The van der Waals surface area contributed by atoms with Crippen LogP contribution in [0.15, 0.2) is 30.3 Å². The zero-order valence-electron chi connectivity index (χ0n) is 12.3. The van der Waals surface area contributed by atoms with Crippen LogP contribution in [-0.4, -0.2) is 36.3 Å². The molecule has 1 aromatic carbocycles. The molecule has 0 aliphatic heterocycles. The van der Waals surface area contributed by atoms with Crippen molar-refractivity contribution in [2.45, 2.75) is 32.4 Å². The Morgan fingerprint density at radius 1 is 1.25 bits per heavy atom. The molecule has 1 aromatic rings. The third-order valence-electron chi connectivity index (χ3n) is 2.88. The van der Waals surface area contributed by atoms with Gasteiger partial charge < -0.3 is 16.0 Å². The summed E-state index contributed by atoms with van der Waals surface area (Å²) < 4.78 is 0. The van der Waals surface area contributed by atoms with Crippen LogP contribution in [0.1, 0.15) is 31.9 Å². The smallest absolute Gasteiger partial charge is 0.239 e. The Hall–Kier alpha value is -1.88. The Kier molecular flexibility index (Phi) is 6.18. The minimum Gasteiger partial charge on any atom is -0.352 e. The highest BCUT2D eigenvalue weighted by molar-refractivity contribution is 5.85. The number of likely N-dealkylation sites (N-methyl/N-ethyl adjacent to an activating group) is 1. The van der Waals surface area contributed by atoms with E-state index in [9.17, 15) is 9.59 Å². The summed E-state index contributed by atoms with van der Waals surface area (Å²) in [5.74, 6) is -0.301. The lowest BCUT2D eigenvalue weighted by atomic mass is 10.0. The van der Waals surface area contributed by atoms with Gasteiger partial charge in [-0.1, -0.05) is 30.3 Å². The minimum atomic E-state index is -0.348. The summed E-state index contributed by atoms with van der Waals surface area (Å²) in [6.07, 6.45) is 0.190. The molecule has 1 atom stereocenters. The summed E-state index contributed by atoms with van der Waals surface area (Å²) >= 11 is 0. The molecule has 3 N–H and O–H groups in total. The summed E-state index contributed by atoms with van der Waals surface area (Å²) in [5, 5.41) is 2.75. The first-order chi connectivity index (χ1) is 9.40. The molecular formula is C15H23N3O2. The van der Waals surface area contributed by atoms with Crippen LogP contribution in [0.3, 0.4) is 0 Å². The second-order valence-electron chi connectivity index (χ2n) is 5.19. The molecule has 0 spiro atoms. The average molecular weight is 277 g/mol. The van der Waals surface area contributed by atoms with Gasteiger partial charge in [0.15, 0.2) is 0 Å². The molecule has 2 amide bonds. The highest BCUT2D eigenvalue weighted by atomic mass is 16.2. The number of nitrogens with zero attached hydrogens (tertiary/aromatic N) is 1. The third-order valence-corrected chi connectivity index (χ3v) is 2.88. The van der Waals surface area contributed by atoms with Crippen LogP contribution >= 0.6 is 0 Å².